The van der Waals surface area contributed by atoms with E-state index in [-0.39, 0.29) is 5.78 Å². The Morgan fingerprint density at radius 1 is 0.652 bits per heavy atom. The first kappa shape index (κ1) is 15.5. The van der Waals surface area contributed by atoms with Crippen molar-refractivity contribution in [1.82, 2.24) is 0 Å². The lowest BCUT2D eigenvalue weighted by Crippen LogP contribution is -2.01. The van der Waals surface area contributed by atoms with Crippen molar-refractivity contribution in [2.75, 3.05) is 0 Å². The Hall–Kier alpha value is -2.38. The van der Waals surface area contributed by atoms with Gasteiger partial charge >= 0.3 is 0 Å². The maximum Gasteiger partial charge on any atom is 0.193 e. The zero-order chi connectivity index (χ0) is 16.1. The van der Waals surface area contributed by atoms with Gasteiger partial charge in [0.1, 0.15) is 0 Å². The highest BCUT2D eigenvalue weighted by Crippen LogP contribution is 2.14. The second kappa shape index (κ2) is 7.26. The topological polar surface area (TPSA) is 17.1 Å². The van der Waals surface area contributed by atoms with E-state index in [1.807, 2.05) is 66.7 Å². The molecule has 0 aromatic heterocycles. The van der Waals surface area contributed by atoms with Gasteiger partial charge in [-0.1, -0.05) is 78.3 Å². The maximum atomic E-state index is 12.4. The first-order valence-corrected chi connectivity index (χ1v) is 8.03. The maximum absolute atomic E-state index is 12.4. The number of ketones is 1. The van der Waals surface area contributed by atoms with Gasteiger partial charge in [-0.25, -0.2) is 0 Å². The molecule has 0 N–H and O–H groups in total. The lowest BCUT2D eigenvalue weighted by molar-refractivity contribution is 0.103. The number of halogens is 1. The average Bonchev–Trinajstić information content (AvgIpc) is 2.62. The van der Waals surface area contributed by atoms with Crippen LogP contribution in [-0.4, -0.2) is 5.78 Å². The van der Waals surface area contributed by atoms with Crippen molar-refractivity contribution in [3.8, 4) is 0 Å². The molecule has 0 spiro atoms. The number of carbonyl (C=O) groups is 1. The van der Waals surface area contributed by atoms with Crippen molar-refractivity contribution in [2.45, 2.75) is 12.8 Å². The molecule has 1 nitrogen and oxygen atoms in total. The molecule has 0 radical (unpaired) electrons. The number of rotatable bonds is 5. The van der Waals surface area contributed by atoms with Crippen LogP contribution in [0.3, 0.4) is 0 Å². The Balaban J connectivity index is 1.65. The molecule has 0 saturated carbocycles. The van der Waals surface area contributed by atoms with Gasteiger partial charge in [-0.15, -0.1) is 0 Å². The van der Waals surface area contributed by atoms with Crippen LogP contribution >= 0.6 is 11.6 Å². The molecule has 3 aromatic rings. The molecular weight excluding hydrogens is 304 g/mol. The third-order valence-corrected chi connectivity index (χ3v) is 4.12. The number of hydrogen-bond acceptors (Lipinski definition) is 1. The Labute approximate surface area is 141 Å². The summed E-state index contributed by atoms with van der Waals surface area (Å²) in [6, 6.07) is 25.2. The van der Waals surface area contributed by atoms with Crippen LogP contribution in [0.2, 0.25) is 5.02 Å². The molecule has 0 aliphatic heterocycles. The minimum absolute atomic E-state index is 0.0647. The van der Waals surface area contributed by atoms with Gasteiger partial charge in [0.25, 0.3) is 0 Å². The minimum atomic E-state index is 0.0647. The fraction of sp³-hybridized carbons (Fsp3) is 0.0952. The average molecular weight is 321 g/mol. The summed E-state index contributed by atoms with van der Waals surface area (Å²) in [5.41, 5.74) is 3.94. The van der Waals surface area contributed by atoms with Gasteiger partial charge in [0.05, 0.1) is 0 Å². The molecule has 0 heterocycles. The van der Waals surface area contributed by atoms with Crippen molar-refractivity contribution in [3.63, 3.8) is 0 Å². The molecule has 0 amide bonds. The van der Waals surface area contributed by atoms with E-state index in [0.29, 0.717) is 0 Å². The molecule has 0 aliphatic rings. The number of carbonyl (C=O) groups excluding carboxylic acids is 1. The Bertz CT molecular complexity index is 774. The highest BCUT2D eigenvalue weighted by Gasteiger charge is 2.08. The molecular formula is C21H17ClO. The Kier molecular flexibility index (Phi) is 4.89. The fourth-order valence-corrected chi connectivity index (χ4v) is 2.64. The summed E-state index contributed by atoms with van der Waals surface area (Å²) < 4.78 is 0. The van der Waals surface area contributed by atoms with Crippen LogP contribution in [0, 0.1) is 0 Å². The third kappa shape index (κ3) is 4.08. The molecule has 3 rings (SSSR count). The molecule has 0 unspecified atom stereocenters. The van der Waals surface area contributed by atoms with E-state index in [0.717, 1.165) is 29.0 Å². The number of benzene rings is 3. The van der Waals surface area contributed by atoms with E-state index in [1.54, 1.807) is 0 Å². The minimum Gasteiger partial charge on any atom is -0.289 e. The molecule has 0 saturated heterocycles. The quantitative estimate of drug-likeness (QED) is 0.579. The molecule has 0 fully saturated rings. The van der Waals surface area contributed by atoms with Crippen molar-refractivity contribution in [1.29, 1.82) is 0 Å². The van der Waals surface area contributed by atoms with E-state index >= 15 is 0 Å². The molecule has 23 heavy (non-hydrogen) atoms. The van der Waals surface area contributed by atoms with Crippen LogP contribution in [0.5, 0.6) is 0 Å². The van der Waals surface area contributed by atoms with Crippen LogP contribution < -0.4 is 0 Å². The Morgan fingerprint density at radius 3 is 1.70 bits per heavy atom. The van der Waals surface area contributed by atoms with Crippen LogP contribution in [0.25, 0.3) is 0 Å². The number of hydrogen-bond donors (Lipinski definition) is 0. The van der Waals surface area contributed by atoms with Crippen LogP contribution in [-0.2, 0) is 12.8 Å². The molecule has 0 bridgehead atoms. The van der Waals surface area contributed by atoms with E-state index in [4.69, 9.17) is 11.6 Å². The highest BCUT2D eigenvalue weighted by atomic mass is 35.5. The van der Waals surface area contributed by atoms with Gasteiger partial charge < -0.3 is 0 Å². The van der Waals surface area contributed by atoms with Crippen molar-refractivity contribution in [2.24, 2.45) is 0 Å². The third-order valence-electron chi connectivity index (χ3n) is 3.87. The van der Waals surface area contributed by atoms with E-state index in [1.165, 1.54) is 11.1 Å². The van der Waals surface area contributed by atoms with Gasteiger partial charge in [0.2, 0.25) is 0 Å². The zero-order valence-corrected chi connectivity index (χ0v) is 13.5. The summed E-state index contributed by atoms with van der Waals surface area (Å²) >= 11 is 5.89. The smallest absolute Gasteiger partial charge is 0.193 e. The highest BCUT2D eigenvalue weighted by molar-refractivity contribution is 6.30. The summed E-state index contributed by atoms with van der Waals surface area (Å²) in [5.74, 6) is 0.0647. The lowest BCUT2D eigenvalue weighted by atomic mass is 9.99. The summed E-state index contributed by atoms with van der Waals surface area (Å²) in [6.07, 6.45) is 1.91. The second-order valence-corrected chi connectivity index (χ2v) is 5.95. The SMILES string of the molecule is O=C(c1ccccc1)c1ccc(CCc2ccc(Cl)cc2)cc1. The predicted octanol–water partition coefficient (Wildman–Crippen LogP) is 5.36. The van der Waals surface area contributed by atoms with Crippen molar-refractivity contribution < 1.29 is 4.79 Å². The van der Waals surface area contributed by atoms with Gasteiger partial charge in [0, 0.05) is 16.1 Å². The zero-order valence-electron chi connectivity index (χ0n) is 12.7. The van der Waals surface area contributed by atoms with Crippen LogP contribution in [0.1, 0.15) is 27.0 Å². The standard InChI is InChI=1S/C21H17ClO/c22-20-14-10-17(11-15-20)7-6-16-8-12-19(13-9-16)21(23)18-4-2-1-3-5-18/h1-5,8-15H,6-7H2. The van der Waals surface area contributed by atoms with Crippen molar-refractivity contribution in [3.05, 3.63) is 106 Å². The molecule has 3 aromatic carbocycles. The van der Waals surface area contributed by atoms with Crippen molar-refractivity contribution >= 4 is 17.4 Å². The molecule has 114 valence electrons. The van der Waals surface area contributed by atoms with Gasteiger partial charge in [-0.2, -0.15) is 0 Å². The largest absolute Gasteiger partial charge is 0.289 e. The molecule has 0 aliphatic carbocycles. The van der Waals surface area contributed by atoms with Crippen LogP contribution in [0.15, 0.2) is 78.9 Å². The summed E-state index contributed by atoms with van der Waals surface area (Å²) in [4.78, 5) is 12.4. The second-order valence-electron chi connectivity index (χ2n) is 5.52. The van der Waals surface area contributed by atoms with Gasteiger partial charge in [-0.3, -0.25) is 4.79 Å². The lowest BCUT2D eigenvalue weighted by Gasteiger charge is -2.05. The molecule has 2 heteroatoms. The first-order chi connectivity index (χ1) is 11.2. The van der Waals surface area contributed by atoms with Crippen LogP contribution in [0.4, 0.5) is 0 Å². The summed E-state index contributed by atoms with van der Waals surface area (Å²) in [5, 5.41) is 0.762. The summed E-state index contributed by atoms with van der Waals surface area (Å²) in [7, 11) is 0. The van der Waals surface area contributed by atoms with E-state index in [9.17, 15) is 4.79 Å². The van der Waals surface area contributed by atoms with E-state index < -0.39 is 0 Å². The summed E-state index contributed by atoms with van der Waals surface area (Å²) in [6.45, 7) is 0. The predicted molar refractivity (Wildman–Crippen MR) is 95.2 cm³/mol. The Morgan fingerprint density at radius 2 is 1.13 bits per heavy atom. The normalized spacial score (nSPS) is 10.5. The van der Waals surface area contributed by atoms with Gasteiger partial charge in [-0.05, 0) is 36.1 Å². The molecule has 0 atom stereocenters. The first-order valence-electron chi connectivity index (χ1n) is 7.65. The number of aryl methyl sites for hydroxylation is 2. The monoisotopic (exact) mass is 320 g/mol. The van der Waals surface area contributed by atoms with E-state index in [2.05, 4.69) is 12.1 Å². The van der Waals surface area contributed by atoms with Gasteiger partial charge in [0.15, 0.2) is 5.78 Å². The fourth-order valence-electron chi connectivity index (χ4n) is 2.52.